The predicted molar refractivity (Wildman–Crippen MR) is 109 cm³/mol. The zero-order valence-electron chi connectivity index (χ0n) is 15.1. The van der Waals surface area contributed by atoms with Crippen molar-refractivity contribution in [1.29, 1.82) is 0 Å². The second-order valence-electron chi connectivity index (χ2n) is 6.21. The fraction of sp³-hybridized carbons (Fsp3) is 0.143. The summed E-state index contributed by atoms with van der Waals surface area (Å²) in [7, 11) is 1.59. The number of amides is 1. The maximum Gasteiger partial charge on any atom is 0.265 e. The van der Waals surface area contributed by atoms with Gasteiger partial charge >= 0.3 is 0 Å². The lowest BCUT2D eigenvalue weighted by atomic mass is 10.2. The van der Waals surface area contributed by atoms with Gasteiger partial charge in [0.2, 0.25) is 0 Å². The summed E-state index contributed by atoms with van der Waals surface area (Å²) >= 11 is 1.45. The molecule has 0 spiro atoms. The first-order chi connectivity index (χ1) is 13.2. The third-order valence-corrected chi connectivity index (χ3v) is 5.51. The minimum Gasteiger partial charge on any atom is -0.495 e. The lowest BCUT2D eigenvalue weighted by Crippen LogP contribution is -2.11. The Morgan fingerprint density at radius 1 is 1.15 bits per heavy atom. The van der Waals surface area contributed by atoms with Crippen molar-refractivity contribution in [2.75, 3.05) is 12.4 Å². The standard InChI is InChI=1S/C21H19N3O2S/c1-14-16-12-19(20(25)22-17-10-6-7-11-18(17)26-2)27-21(16)24(23-14)13-15-8-4-3-5-9-15/h3-12H,13H2,1-2H3,(H,22,25). The number of nitrogens with zero attached hydrogens (tertiary/aromatic N) is 2. The molecule has 0 bridgehead atoms. The number of benzene rings is 2. The first-order valence-electron chi connectivity index (χ1n) is 8.61. The monoisotopic (exact) mass is 377 g/mol. The van der Waals surface area contributed by atoms with Gasteiger partial charge in [-0.3, -0.25) is 9.48 Å². The molecule has 2 aromatic heterocycles. The van der Waals surface area contributed by atoms with Crippen molar-refractivity contribution in [2.24, 2.45) is 0 Å². The molecular formula is C21H19N3O2S. The fourth-order valence-electron chi connectivity index (χ4n) is 3.02. The summed E-state index contributed by atoms with van der Waals surface area (Å²) < 4.78 is 7.27. The number of carbonyl (C=O) groups is 1. The molecule has 5 nitrogen and oxygen atoms in total. The summed E-state index contributed by atoms with van der Waals surface area (Å²) in [6, 6.07) is 19.5. The van der Waals surface area contributed by atoms with Gasteiger partial charge in [-0.25, -0.2) is 0 Å². The number of hydrogen-bond acceptors (Lipinski definition) is 4. The van der Waals surface area contributed by atoms with Gasteiger partial charge in [0.15, 0.2) is 0 Å². The van der Waals surface area contributed by atoms with E-state index in [2.05, 4.69) is 22.5 Å². The van der Waals surface area contributed by atoms with Crippen molar-refractivity contribution in [2.45, 2.75) is 13.5 Å². The van der Waals surface area contributed by atoms with Gasteiger partial charge in [-0.05, 0) is 30.7 Å². The molecule has 0 fully saturated rings. The third-order valence-electron chi connectivity index (χ3n) is 4.36. The van der Waals surface area contributed by atoms with E-state index in [1.165, 1.54) is 16.9 Å². The molecule has 2 aromatic carbocycles. The molecular weight excluding hydrogens is 358 g/mol. The number of hydrogen-bond donors (Lipinski definition) is 1. The van der Waals surface area contributed by atoms with E-state index in [0.717, 1.165) is 15.9 Å². The highest BCUT2D eigenvalue weighted by atomic mass is 32.1. The first kappa shape index (κ1) is 17.3. The molecule has 4 aromatic rings. The predicted octanol–water partition coefficient (Wildman–Crippen LogP) is 4.72. The number of aryl methyl sites for hydroxylation is 1. The Morgan fingerprint density at radius 2 is 1.89 bits per heavy atom. The van der Waals surface area contributed by atoms with Crippen LogP contribution in [0.2, 0.25) is 0 Å². The van der Waals surface area contributed by atoms with Gasteiger partial charge in [0.1, 0.15) is 10.6 Å². The van der Waals surface area contributed by atoms with Gasteiger partial charge in [0, 0.05) is 5.39 Å². The normalized spacial score (nSPS) is 10.9. The van der Waals surface area contributed by atoms with Crippen LogP contribution < -0.4 is 10.1 Å². The Hall–Kier alpha value is -3.12. The highest BCUT2D eigenvalue weighted by molar-refractivity contribution is 7.20. The number of methoxy groups -OCH3 is 1. The summed E-state index contributed by atoms with van der Waals surface area (Å²) in [5, 5.41) is 8.58. The number of thiophene rings is 1. The van der Waals surface area contributed by atoms with Crippen LogP contribution in [0.25, 0.3) is 10.2 Å². The molecule has 0 unspecified atom stereocenters. The average molecular weight is 377 g/mol. The van der Waals surface area contributed by atoms with Gasteiger partial charge < -0.3 is 10.1 Å². The third kappa shape index (κ3) is 3.44. The Balaban J connectivity index is 1.63. The van der Waals surface area contributed by atoms with E-state index in [-0.39, 0.29) is 5.91 Å². The molecule has 0 saturated heterocycles. The highest BCUT2D eigenvalue weighted by Crippen LogP contribution is 2.30. The van der Waals surface area contributed by atoms with Crippen LogP contribution in [0.3, 0.4) is 0 Å². The van der Waals surface area contributed by atoms with Gasteiger partial charge in [-0.1, -0.05) is 42.5 Å². The van der Waals surface area contributed by atoms with Crippen LogP contribution >= 0.6 is 11.3 Å². The molecule has 1 N–H and O–H groups in total. The lowest BCUT2D eigenvalue weighted by molar-refractivity contribution is 0.103. The SMILES string of the molecule is COc1ccccc1NC(=O)c1cc2c(C)nn(Cc3ccccc3)c2s1. The Kier molecular flexibility index (Phi) is 4.64. The van der Waals surface area contributed by atoms with E-state index in [9.17, 15) is 4.79 Å². The smallest absolute Gasteiger partial charge is 0.265 e. The molecule has 27 heavy (non-hydrogen) atoms. The van der Waals surface area contributed by atoms with Gasteiger partial charge in [0.25, 0.3) is 5.91 Å². The van der Waals surface area contributed by atoms with E-state index >= 15 is 0 Å². The molecule has 2 heterocycles. The molecule has 0 aliphatic carbocycles. The number of aromatic nitrogens is 2. The lowest BCUT2D eigenvalue weighted by Gasteiger charge is -2.08. The summed E-state index contributed by atoms with van der Waals surface area (Å²) in [5.41, 5.74) is 2.76. The summed E-state index contributed by atoms with van der Waals surface area (Å²) in [6.45, 7) is 2.65. The molecule has 0 aliphatic rings. The summed E-state index contributed by atoms with van der Waals surface area (Å²) in [6.07, 6.45) is 0. The van der Waals surface area contributed by atoms with E-state index < -0.39 is 0 Å². The average Bonchev–Trinajstić information content (AvgIpc) is 3.25. The van der Waals surface area contributed by atoms with Crippen LogP contribution in [0.1, 0.15) is 20.9 Å². The van der Waals surface area contributed by atoms with Crippen LogP contribution in [0, 0.1) is 6.92 Å². The van der Waals surface area contributed by atoms with Gasteiger partial charge in [-0.2, -0.15) is 5.10 Å². The molecule has 6 heteroatoms. The van der Waals surface area contributed by atoms with Gasteiger partial charge in [0.05, 0.1) is 29.9 Å². The molecule has 0 aliphatic heterocycles. The maximum absolute atomic E-state index is 12.7. The topological polar surface area (TPSA) is 56.1 Å². The van der Waals surface area contributed by atoms with Crippen molar-refractivity contribution in [3.8, 4) is 5.75 Å². The van der Waals surface area contributed by atoms with E-state index in [0.29, 0.717) is 22.9 Å². The van der Waals surface area contributed by atoms with Crippen LogP contribution in [0.5, 0.6) is 5.75 Å². The van der Waals surface area contributed by atoms with E-state index in [1.807, 2.05) is 60.1 Å². The minimum atomic E-state index is -0.147. The number of para-hydroxylation sites is 2. The van der Waals surface area contributed by atoms with Gasteiger partial charge in [-0.15, -0.1) is 11.3 Å². The Morgan fingerprint density at radius 3 is 2.67 bits per heavy atom. The summed E-state index contributed by atoms with van der Waals surface area (Å²) in [4.78, 5) is 14.4. The van der Waals surface area contributed by atoms with Crippen molar-refractivity contribution in [3.05, 3.63) is 76.8 Å². The molecule has 0 atom stereocenters. The molecule has 4 rings (SSSR count). The zero-order valence-corrected chi connectivity index (χ0v) is 15.9. The van der Waals surface area contributed by atoms with Crippen molar-refractivity contribution in [1.82, 2.24) is 9.78 Å². The number of fused-ring (bicyclic) bond motifs is 1. The Labute approximate surface area is 161 Å². The molecule has 0 radical (unpaired) electrons. The number of anilines is 1. The van der Waals surface area contributed by atoms with Crippen LogP contribution in [-0.2, 0) is 6.54 Å². The van der Waals surface area contributed by atoms with Crippen molar-refractivity contribution >= 4 is 33.1 Å². The van der Waals surface area contributed by atoms with Crippen LogP contribution in [-0.4, -0.2) is 22.8 Å². The number of ether oxygens (including phenoxy) is 1. The van der Waals surface area contributed by atoms with Crippen LogP contribution in [0.4, 0.5) is 5.69 Å². The first-order valence-corrected chi connectivity index (χ1v) is 9.42. The zero-order chi connectivity index (χ0) is 18.8. The van der Waals surface area contributed by atoms with Crippen molar-refractivity contribution < 1.29 is 9.53 Å². The maximum atomic E-state index is 12.7. The van der Waals surface area contributed by atoms with Crippen molar-refractivity contribution in [3.63, 3.8) is 0 Å². The fourth-order valence-corrected chi connectivity index (χ4v) is 4.08. The molecule has 0 saturated carbocycles. The largest absolute Gasteiger partial charge is 0.495 e. The second-order valence-corrected chi connectivity index (χ2v) is 7.24. The van der Waals surface area contributed by atoms with Crippen LogP contribution in [0.15, 0.2) is 60.7 Å². The number of nitrogens with one attached hydrogen (secondary N) is 1. The highest BCUT2D eigenvalue weighted by Gasteiger charge is 2.17. The van der Waals surface area contributed by atoms with E-state index in [1.54, 1.807) is 7.11 Å². The molecule has 136 valence electrons. The second kappa shape index (κ2) is 7.25. The quantitative estimate of drug-likeness (QED) is 0.548. The number of rotatable bonds is 5. The molecule has 1 amide bonds. The van der Waals surface area contributed by atoms with E-state index in [4.69, 9.17) is 4.74 Å². The summed E-state index contributed by atoms with van der Waals surface area (Å²) in [5.74, 6) is 0.491. The Bertz CT molecular complexity index is 1100. The minimum absolute atomic E-state index is 0.147. The number of carbonyl (C=O) groups excluding carboxylic acids is 1.